The van der Waals surface area contributed by atoms with E-state index in [0.717, 1.165) is 50.0 Å². The number of rotatable bonds is 8. The predicted molar refractivity (Wildman–Crippen MR) is 91.3 cm³/mol. The van der Waals surface area contributed by atoms with Gasteiger partial charge in [0.1, 0.15) is 12.2 Å². The van der Waals surface area contributed by atoms with Gasteiger partial charge in [-0.2, -0.15) is 0 Å². The summed E-state index contributed by atoms with van der Waals surface area (Å²) < 4.78 is 2.06. The van der Waals surface area contributed by atoms with E-state index in [4.69, 9.17) is 0 Å². The van der Waals surface area contributed by atoms with E-state index in [1.54, 1.807) is 6.33 Å². The van der Waals surface area contributed by atoms with Crippen molar-refractivity contribution in [2.45, 2.75) is 33.2 Å². The molecule has 0 atom stereocenters. The van der Waals surface area contributed by atoms with Gasteiger partial charge in [0.2, 0.25) is 0 Å². The van der Waals surface area contributed by atoms with Crippen molar-refractivity contribution in [2.24, 2.45) is 4.99 Å². The summed E-state index contributed by atoms with van der Waals surface area (Å²) in [7, 11) is 0. The Morgan fingerprint density at radius 2 is 2.17 bits per heavy atom. The summed E-state index contributed by atoms with van der Waals surface area (Å²) in [5, 5.41) is 14.6. The molecule has 0 spiro atoms. The summed E-state index contributed by atoms with van der Waals surface area (Å²) in [4.78, 5) is 8.89. The standard InChI is InChI=1S/C16H25N7/c1-3-15-22-21-13-23(15)12-11-20-16(17-4-2)19-10-8-14-7-5-6-9-18-14/h5-7,9,13H,3-4,8,10-12H2,1-2H3,(H2,17,19,20). The average molecular weight is 315 g/mol. The Labute approximate surface area is 137 Å². The number of aliphatic imine (C=N–C) groups is 1. The molecule has 2 heterocycles. The molecule has 0 saturated heterocycles. The highest BCUT2D eigenvalue weighted by Crippen LogP contribution is 1.96. The van der Waals surface area contributed by atoms with E-state index in [1.165, 1.54) is 0 Å². The number of hydrogen-bond donors (Lipinski definition) is 2. The van der Waals surface area contributed by atoms with Gasteiger partial charge in [0, 0.05) is 50.9 Å². The maximum absolute atomic E-state index is 4.58. The molecule has 2 N–H and O–H groups in total. The number of pyridine rings is 1. The third-order valence-corrected chi connectivity index (χ3v) is 3.37. The average Bonchev–Trinajstić information content (AvgIpc) is 3.03. The molecule has 2 aromatic heterocycles. The zero-order chi connectivity index (χ0) is 16.3. The number of aromatic nitrogens is 4. The first-order valence-electron chi connectivity index (χ1n) is 8.12. The second kappa shape index (κ2) is 9.55. The lowest BCUT2D eigenvalue weighted by Gasteiger charge is -2.12. The smallest absolute Gasteiger partial charge is 0.191 e. The highest BCUT2D eigenvalue weighted by Gasteiger charge is 2.02. The third kappa shape index (κ3) is 5.69. The quantitative estimate of drug-likeness (QED) is 0.562. The lowest BCUT2D eigenvalue weighted by atomic mass is 10.3. The predicted octanol–water partition coefficient (Wildman–Crippen LogP) is 1.03. The Balaban J connectivity index is 1.79. The Bertz CT molecular complexity index is 591. The molecule has 2 aromatic rings. The molecule has 0 radical (unpaired) electrons. The van der Waals surface area contributed by atoms with Crippen molar-refractivity contribution < 1.29 is 0 Å². The minimum atomic E-state index is 0.708. The van der Waals surface area contributed by atoms with Crippen LogP contribution in [0.3, 0.4) is 0 Å². The van der Waals surface area contributed by atoms with E-state index in [0.29, 0.717) is 6.54 Å². The molecule has 2 rings (SSSR count). The van der Waals surface area contributed by atoms with Crippen molar-refractivity contribution in [1.29, 1.82) is 0 Å². The van der Waals surface area contributed by atoms with Crippen molar-refractivity contribution in [2.75, 3.05) is 19.6 Å². The second-order valence-corrected chi connectivity index (χ2v) is 5.05. The Morgan fingerprint density at radius 3 is 2.91 bits per heavy atom. The van der Waals surface area contributed by atoms with Gasteiger partial charge in [-0.25, -0.2) is 0 Å². The Kier molecular flexibility index (Phi) is 7.03. The monoisotopic (exact) mass is 315 g/mol. The van der Waals surface area contributed by atoms with Crippen LogP contribution in [0.25, 0.3) is 0 Å². The van der Waals surface area contributed by atoms with Crippen molar-refractivity contribution in [3.8, 4) is 0 Å². The summed E-state index contributed by atoms with van der Waals surface area (Å²) in [5.74, 6) is 1.83. The van der Waals surface area contributed by atoms with Crippen molar-refractivity contribution >= 4 is 5.96 Å². The molecule has 23 heavy (non-hydrogen) atoms. The molecule has 0 saturated carbocycles. The molecule has 0 aliphatic carbocycles. The van der Waals surface area contributed by atoms with Crippen molar-refractivity contribution in [1.82, 2.24) is 30.4 Å². The zero-order valence-corrected chi connectivity index (χ0v) is 13.9. The fourth-order valence-electron chi connectivity index (χ4n) is 2.20. The second-order valence-electron chi connectivity index (χ2n) is 5.05. The van der Waals surface area contributed by atoms with Gasteiger partial charge in [-0.3, -0.25) is 9.98 Å². The first-order valence-corrected chi connectivity index (χ1v) is 8.12. The SMILES string of the molecule is CCNC(=NCCc1ccccn1)NCCn1cnnc1CC. The molecule has 0 aliphatic heterocycles. The number of guanidine groups is 1. The number of aryl methyl sites for hydroxylation is 1. The van der Waals surface area contributed by atoms with Gasteiger partial charge < -0.3 is 15.2 Å². The number of nitrogens with one attached hydrogen (secondary N) is 2. The summed E-state index contributed by atoms with van der Waals surface area (Å²) in [5.41, 5.74) is 1.06. The van der Waals surface area contributed by atoms with E-state index in [2.05, 4.69) is 49.2 Å². The van der Waals surface area contributed by atoms with E-state index < -0.39 is 0 Å². The van der Waals surface area contributed by atoms with E-state index in [1.807, 2.05) is 24.4 Å². The maximum atomic E-state index is 4.58. The van der Waals surface area contributed by atoms with Crippen LogP contribution in [0.5, 0.6) is 0 Å². The first-order chi connectivity index (χ1) is 11.3. The molecule has 0 aliphatic rings. The third-order valence-electron chi connectivity index (χ3n) is 3.37. The largest absolute Gasteiger partial charge is 0.357 e. The fraction of sp³-hybridized carbons (Fsp3) is 0.500. The Morgan fingerprint density at radius 1 is 1.26 bits per heavy atom. The molecular weight excluding hydrogens is 290 g/mol. The van der Waals surface area contributed by atoms with Crippen LogP contribution in [0.2, 0.25) is 0 Å². The summed E-state index contributed by atoms with van der Waals surface area (Å²) in [6.07, 6.45) is 5.31. The molecule has 0 amide bonds. The normalized spacial score (nSPS) is 11.5. The van der Waals surface area contributed by atoms with Crippen molar-refractivity contribution in [3.63, 3.8) is 0 Å². The van der Waals surface area contributed by atoms with Crippen LogP contribution >= 0.6 is 0 Å². The van der Waals surface area contributed by atoms with E-state index in [9.17, 15) is 0 Å². The Hall–Kier alpha value is -2.44. The summed E-state index contributed by atoms with van der Waals surface area (Å²) in [6.45, 7) is 7.28. The van der Waals surface area contributed by atoms with Crippen molar-refractivity contribution in [3.05, 3.63) is 42.2 Å². The van der Waals surface area contributed by atoms with Gasteiger partial charge >= 0.3 is 0 Å². The van der Waals surface area contributed by atoms with Crippen LogP contribution in [0.4, 0.5) is 0 Å². The molecule has 7 nitrogen and oxygen atoms in total. The molecule has 7 heteroatoms. The van der Waals surface area contributed by atoms with Crippen LogP contribution in [0, 0.1) is 0 Å². The minimum absolute atomic E-state index is 0.708. The topological polar surface area (TPSA) is 80.0 Å². The molecule has 124 valence electrons. The summed E-state index contributed by atoms with van der Waals surface area (Å²) >= 11 is 0. The molecule has 0 bridgehead atoms. The van der Waals surface area contributed by atoms with Gasteiger partial charge in [-0.05, 0) is 19.1 Å². The van der Waals surface area contributed by atoms with Gasteiger partial charge in [-0.15, -0.1) is 10.2 Å². The highest BCUT2D eigenvalue weighted by molar-refractivity contribution is 5.79. The van der Waals surface area contributed by atoms with Crippen LogP contribution < -0.4 is 10.6 Å². The number of nitrogens with zero attached hydrogens (tertiary/aromatic N) is 5. The molecule has 0 fully saturated rings. The van der Waals surface area contributed by atoms with Crippen LogP contribution in [0.1, 0.15) is 25.4 Å². The number of hydrogen-bond acceptors (Lipinski definition) is 4. The molecular formula is C16H25N7. The highest BCUT2D eigenvalue weighted by atomic mass is 15.3. The van der Waals surface area contributed by atoms with Crippen LogP contribution in [-0.4, -0.2) is 45.3 Å². The summed E-state index contributed by atoms with van der Waals surface area (Å²) in [6, 6.07) is 5.95. The van der Waals surface area contributed by atoms with Crippen LogP contribution in [0.15, 0.2) is 35.7 Å². The first kappa shape index (κ1) is 16.9. The van der Waals surface area contributed by atoms with Gasteiger partial charge in [0.05, 0.1) is 0 Å². The van der Waals surface area contributed by atoms with E-state index in [-0.39, 0.29) is 0 Å². The maximum Gasteiger partial charge on any atom is 0.191 e. The van der Waals surface area contributed by atoms with Gasteiger partial charge in [-0.1, -0.05) is 13.0 Å². The fourth-order valence-corrected chi connectivity index (χ4v) is 2.20. The lowest BCUT2D eigenvalue weighted by molar-refractivity contribution is 0.632. The zero-order valence-electron chi connectivity index (χ0n) is 13.9. The van der Waals surface area contributed by atoms with E-state index >= 15 is 0 Å². The lowest BCUT2D eigenvalue weighted by Crippen LogP contribution is -2.39. The molecule has 0 aromatic carbocycles. The van der Waals surface area contributed by atoms with Crippen LogP contribution in [-0.2, 0) is 19.4 Å². The molecule has 0 unspecified atom stereocenters. The minimum Gasteiger partial charge on any atom is -0.357 e. The van der Waals surface area contributed by atoms with Gasteiger partial charge in [0.25, 0.3) is 0 Å². The van der Waals surface area contributed by atoms with Gasteiger partial charge in [0.15, 0.2) is 5.96 Å².